The van der Waals surface area contributed by atoms with Crippen molar-refractivity contribution < 1.29 is 0 Å². The molecule has 0 aromatic carbocycles. The van der Waals surface area contributed by atoms with E-state index >= 15 is 0 Å². The highest BCUT2D eigenvalue weighted by atomic mass is 15.3. The fraction of sp³-hybridized carbons (Fsp3) is 0.583. The van der Waals surface area contributed by atoms with Gasteiger partial charge in [0.25, 0.3) is 0 Å². The Morgan fingerprint density at radius 2 is 2.22 bits per heavy atom. The van der Waals surface area contributed by atoms with Gasteiger partial charge < -0.3 is 0 Å². The van der Waals surface area contributed by atoms with Gasteiger partial charge >= 0.3 is 0 Å². The second-order valence-corrected chi connectivity index (χ2v) is 4.35. The van der Waals surface area contributed by atoms with Crippen molar-refractivity contribution in [2.75, 3.05) is 13.6 Å². The number of hydrogen-bond acceptors (Lipinski definition) is 4. The van der Waals surface area contributed by atoms with Gasteiger partial charge in [0.1, 0.15) is 12.2 Å². The summed E-state index contributed by atoms with van der Waals surface area (Å²) in [5.41, 5.74) is 0. The summed E-state index contributed by atoms with van der Waals surface area (Å²) >= 11 is 0. The Morgan fingerprint density at radius 1 is 1.33 bits per heavy atom. The zero-order valence-corrected chi connectivity index (χ0v) is 11.0. The molecule has 0 aliphatic rings. The summed E-state index contributed by atoms with van der Waals surface area (Å²) in [6.45, 7) is 5.77. The van der Waals surface area contributed by atoms with Crippen molar-refractivity contribution in [1.29, 1.82) is 0 Å². The lowest BCUT2D eigenvalue weighted by molar-refractivity contribution is 0.297. The molecule has 6 heteroatoms. The molecule has 0 saturated heterocycles. The Labute approximate surface area is 107 Å². The summed E-state index contributed by atoms with van der Waals surface area (Å²) in [5.74, 6) is 1.03. The highest BCUT2D eigenvalue weighted by Gasteiger charge is 2.06. The molecule has 2 aromatic rings. The fourth-order valence-electron chi connectivity index (χ4n) is 1.93. The maximum Gasteiger partial charge on any atom is 0.140 e. The van der Waals surface area contributed by atoms with Crippen molar-refractivity contribution in [3.63, 3.8) is 0 Å². The second-order valence-electron chi connectivity index (χ2n) is 4.35. The van der Waals surface area contributed by atoms with E-state index in [-0.39, 0.29) is 0 Å². The lowest BCUT2D eigenvalue weighted by Gasteiger charge is -2.16. The predicted octanol–water partition coefficient (Wildman–Crippen LogP) is 1.02. The lowest BCUT2D eigenvalue weighted by atomic mass is 10.4. The van der Waals surface area contributed by atoms with E-state index in [1.807, 2.05) is 27.8 Å². The first-order valence-corrected chi connectivity index (χ1v) is 6.32. The van der Waals surface area contributed by atoms with Crippen molar-refractivity contribution in [1.82, 2.24) is 29.4 Å². The van der Waals surface area contributed by atoms with Crippen LogP contribution < -0.4 is 0 Å². The van der Waals surface area contributed by atoms with Gasteiger partial charge in [-0.05, 0) is 26.5 Å². The second kappa shape index (κ2) is 6.30. The van der Waals surface area contributed by atoms with E-state index in [0.717, 1.165) is 38.4 Å². The Bertz CT molecular complexity index is 447. The number of rotatable bonds is 7. The van der Waals surface area contributed by atoms with Gasteiger partial charge in [-0.1, -0.05) is 0 Å². The first-order chi connectivity index (χ1) is 8.79. The van der Waals surface area contributed by atoms with Crippen molar-refractivity contribution in [2.24, 2.45) is 0 Å². The summed E-state index contributed by atoms with van der Waals surface area (Å²) in [6, 6.07) is 1.95. The number of aromatic nitrogens is 5. The predicted molar refractivity (Wildman–Crippen MR) is 68.9 cm³/mol. The SMILES string of the molecule is CCn1ncnc1CN(C)CCCn1cccn1. The molecule has 0 bridgehead atoms. The molecule has 0 amide bonds. The molecule has 0 radical (unpaired) electrons. The molecule has 6 nitrogen and oxygen atoms in total. The van der Waals surface area contributed by atoms with Crippen LogP contribution in [-0.2, 0) is 19.6 Å². The monoisotopic (exact) mass is 248 g/mol. The van der Waals surface area contributed by atoms with Crippen LogP contribution in [-0.4, -0.2) is 43.0 Å². The van der Waals surface area contributed by atoms with Gasteiger partial charge in [-0.3, -0.25) is 9.58 Å². The Balaban J connectivity index is 1.73. The van der Waals surface area contributed by atoms with Crippen LogP contribution in [0.3, 0.4) is 0 Å². The van der Waals surface area contributed by atoms with E-state index in [1.54, 1.807) is 6.33 Å². The quantitative estimate of drug-likeness (QED) is 0.734. The average molecular weight is 248 g/mol. The van der Waals surface area contributed by atoms with Crippen LogP contribution in [0.2, 0.25) is 0 Å². The van der Waals surface area contributed by atoms with Gasteiger partial charge in [0.05, 0.1) is 6.54 Å². The molecule has 2 heterocycles. The molecule has 0 fully saturated rings. The standard InChI is InChI=1S/C12H20N6/c1-3-18-12(13-11-15-18)10-16(2)7-5-9-17-8-4-6-14-17/h4,6,8,11H,3,5,7,9-10H2,1-2H3. The topological polar surface area (TPSA) is 51.8 Å². The Morgan fingerprint density at radius 3 is 2.94 bits per heavy atom. The van der Waals surface area contributed by atoms with Gasteiger partial charge in [-0.2, -0.15) is 10.2 Å². The van der Waals surface area contributed by atoms with Gasteiger partial charge in [0.15, 0.2) is 0 Å². The molecule has 0 saturated carbocycles. The lowest BCUT2D eigenvalue weighted by Crippen LogP contribution is -2.23. The van der Waals surface area contributed by atoms with E-state index in [0.29, 0.717) is 0 Å². The van der Waals surface area contributed by atoms with Gasteiger partial charge in [0.2, 0.25) is 0 Å². The van der Waals surface area contributed by atoms with Crippen LogP contribution in [0.5, 0.6) is 0 Å². The van der Waals surface area contributed by atoms with Gasteiger partial charge in [-0.25, -0.2) is 9.67 Å². The smallest absolute Gasteiger partial charge is 0.140 e. The normalized spacial score (nSPS) is 11.3. The van der Waals surface area contributed by atoms with Crippen molar-refractivity contribution in [3.8, 4) is 0 Å². The molecule has 0 aliphatic carbocycles. The molecule has 0 spiro atoms. The zero-order chi connectivity index (χ0) is 12.8. The largest absolute Gasteiger partial charge is 0.299 e. The highest BCUT2D eigenvalue weighted by molar-refractivity contribution is 4.83. The molecule has 0 unspecified atom stereocenters. The molecule has 18 heavy (non-hydrogen) atoms. The van der Waals surface area contributed by atoms with Gasteiger partial charge in [-0.15, -0.1) is 0 Å². The third-order valence-electron chi connectivity index (χ3n) is 2.89. The molecular weight excluding hydrogens is 228 g/mol. The van der Waals surface area contributed by atoms with Crippen molar-refractivity contribution in [3.05, 3.63) is 30.6 Å². The molecule has 2 aromatic heterocycles. The molecule has 0 atom stereocenters. The van der Waals surface area contributed by atoms with Crippen LogP contribution in [0, 0.1) is 0 Å². The third-order valence-corrected chi connectivity index (χ3v) is 2.89. The molecule has 0 aliphatic heterocycles. The minimum absolute atomic E-state index is 0.840. The fourth-order valence-corrected chi connectivity index (χ4v) is 1.93. The van der Waals surface area contributed by atoms with E-state index in [9.17, 15) is 0 Å². The van der Waals surface area contributed by atoms with E-state index in [1.165, 1.54) is 0 Å². The van der Waals surface area contributed by atoms with Crippen LogP contribution in [0.1, 0.15) is 19.2 Å². The van der Waals surface area contributed by atoms with Crippen LogP contribution in [0.15, 0.2) is 24.8 Å². The molecular formula is C12H20N6. The van der Waals surface area contributed by atoms with E-state index in [4.69, 9.17) is 0 Å². The maximum atomic E-state index is 4.28. The third kappa shape index (κ3) is 3.40. The first kappa shape index (κ1) is 12.8. The molecule has 98 valence electrons. The van der Waals surface area contributed by atoms with Crippen molar-refractivity contribution in [2.45, 2.75) is 33.0 Å². The summed E-state index contributed by atoms with van der Waals surface area (Å²) in [7, 11) is 2.11. The van der Waals surface area contributed by atoms with Crippen LogP contribution in [0.25, 0.3) is 0 Å². The zero-order valence-electron chi connectivity index (χ0n) is 11.0. The first-order valence-electron chi connectivity index (χ1n) is 6.32. The summed E-state index contributed by atoms with van der Waals surface area (Å²) in [5, 5.41) is 8.36. The Hall–Kier alpha value is -1.69. The number of aryl methyl sites for hydroxylation is 2. The summed E-state index contributed by atoms with van der Waals surface area (Å²) in [6.07, 6.45) is 6.51. The minimum atomic E-state index is 0.840. The Kier molecular flexibility index (Phi) is 4.46. The minimum Gasteiger partial charge on any atom is -0.299 e. The van der Waals surface area contributed by atoms with Crippen molar-refractivity contribution >= 4 is 0 Å². The van der Waals surface area contributed by atoms with Crippen LogP contribution in [0.4, 0.5) is 0 Å². The number of hydrogen-bond donors (Lipinski definition) is 0. The number of nitrogens with zero attached hydrogens (tertiary/aromatic N) is 6. The van der Waals surface area contributed by atoms with Crippen LogP contribution >= 0.6 is 0 Å². The summed E-state index contributed by atoms with van der Waals surface area (Å²) in [4.78, 5) is 6.54. The molecule has 2 rings (SSSR count). The van der Waals surface area contributed by atoms with E-state index < -0.39 is 0 Å². The van der Waals surface area contributed by atoms with Gasteiger partial charge in [0, 0.05) is 32.0 Å². The average Bonchev–Trinajstić information content (AvgIpc) is 3.00. The summed E-state index contributed by atoms with van der Waals surface area (Å²) < 4.78 is 3.90. The molecule has 0 N–H and O–H groups in total. The maximum absolute atomic E-state index is 4.28. The highest BCUT2D eigenvalue weighted by Crippen LogP contribution is 2.00. The van der Waals surface area contributed by atoms with E-state index in [2.05, 4.69) is 34.1 Å².